The third-order valence-corrected chi connectivity index (χ3v) is 4.29. The molecule has 4 nitrogen and oxygen atoms in total. The molecular weight excluding hydrogens is 286 g/mol. The van der Waals surface area contributed by atoms with Crippen molar-refractivity contribution in [1.82, 2.24) is 15.1 Å². The second-order valence-electron chi connectivity index (χ2n) is 6.81. The van der Waals surface area contributed by atoms with Crippen molar-refractivity contribution in [3.8, 4) is 0 Å². The maximum atomic E-state index is 12.3. The Morgan fingerprint density at radius 3 is 2.52 bits per heavy atom. The minimum absolute atomic E-state index is 0.306. The van der Waals surface area contributed by atoms with Crippen LogP contribution in [0.1, 0.15) is 25.8 Å². The Morgan fingerprint density at radius 2 is 1.87 bits per heavy atom. The van der Waals surface area contributed by atoms with Crippen molar-refractivity contribution in [2.45, 2.75) is 26.7 Å². The molecule has 1 fully saturated rings. The van der Waals surface area contributed by atoms with Gasteiger partial charge in [0, 0.05) is 52.2 Å². The number of hydrogen-bond donors (Lipinski definition) is 1. The van der Waals surface area contributed by atoms with E-state index in [9.17, 15) is 4.79 Å². The molecule has 128 valence electrons. The van der Waals surface area contributed by atoms with Gasteiger partial charge < -0.3 is 15.1 Å². The van der Waals surface area contributed by atoms with Crippen LogP contribution in [0.4, 0.5) is 0 Å². The number of nitrogens with zero attached hydrogens (tertiary/aromatic N) is 2. The van der Waals surface area contributed by atoms with Crippen molar-refractivity contribution < 1.29 is 4.79 Å². The van der Waals surface area contributed by atoms with E-state index in [0.29, 0.717) is 18.2 Å². The lowest BCUT2D eigenvalue weighted by molar-refractivity contribution is -0.132. The standard InChI is InChI=1S/C19H31N3O/c1-17(2)16-21(12-8-18-6-4-3-5-7-18)13-9-19(23)22-14-10-20-11-15-22/h3-7,17,20H,8-16H2,1-2H3. The predicted octanol–water partition coefficient (Wildman–Crippen LogP) is 2.01. The van der Waals surface area contributed by atoms with E-state index >= 15 is 0 Å². The van der Waals surface area contributed by atoms with Crippen LogP contribution in [0.15, 0.2) is 30.3 Å². The molecule has 1 N–H and O–H groups in total. The molecule has 1 aromatic rings. The lowest BCUT2D eigenvalue weighted by Gasteiger charge is -2.29. The molecule has 0 unspecified atom stereocenters. The molecule has 1 saturated heterocycles. The van der Waals surface area contributed by atoms with E-state index in [1.807, 2.05) is 4.90 Å². The zero-order valence-electron chi connectivity index (χ0n) is 14.6. The molecule has 1 heterocycles. The molecule has 1 amide bonds. The molecule has 4 heteroatoms. The van der Waals surface area contributed by atoms with E-state index in [1.165, 1.54) is 5.56 Å². The first-order valence-corrected chi connectivity index (χ1v) is 8.90. The quantitative estimate of drug-likeness (QED) is 0.797. The number of rotatable bonds is 8. The molecule has 0 aliphatic carbocycles. The SMILES string of the molecule is CC(C)CN(CCC(=O)N1CCNCC1)CCc1ccccc1. The van der Waals surface area contributed by atoms with Crippen LogP contribution in [0, 0.1) is 5.92 Å². The fourth-order valence-corrected chi connectivity index (χ4v) is 3.07. The van der Waals surface area contributed by atoms with E-state index in [4.69, 9.17) is 0 Å². The Bertz CT molecular complexity index is 455. The summed E-state index contributed by atoms with van der Waals surface area (Å²) in [6.45, 7) is 11.0. The molecule has 1 aliphatic rings. The van der Waals surface area contributed by atoms with E-state index in [1.54, 1.807) is 0 Å². The molecule has 0 bridgehead atoms. The van der Waals surface area contributed by atoms with Gasteiger partial charge in [-0.1, -0.05) is 44.2 Å². The number of hydrogen-bond acceptors (Lipinski definition) is 3. The largest absolute Gasteiger partial charge is 0.340 e. The van der Waals surface area contributed by atoms with Crippen LogP contribution >= 0.6 is 0 Å². The van der Waals surface area contributed by atoms with Crippen molar-refractivity contribution in [2.24, 2.45) is 5.92 Å². The molecule has 0 aromatic heterocycles. The Kier molecular flexibility index (Phi) is 7.56. The molecule has 0 spiro atoms. The third-order valence-electron chi connectivity index (χ3n) is 4.29. The highest BCUT2D eigenvalue weighted by molar-refractivity contribution is 5.76. The van der Waals surface area contributed by atoms with Gasteiger partial charge in [0.05, 0.1) is 0 Å². The van der Waals surface area contributed by atoms with Crippen LogP contribution in [0.2, 0.25) is 0 Å². The van der Waals surface area contributed by atoms with Crippen molar-refractivity contribution in [1.29, 1.82) is 0 Å². The van der Waals surface area contributed by atoms with Gasteiger partial charge >= 0.3 is 0 Å². The van der Waals surface area contributed by atoms with Crippen LogP contribution in [0.3, 0.4) is 0 Å². The Morgan fingerprint density at radius 1 is 1.17 bits per heavy atom. The second-order valence-corrected chi connectivity index (χ2v) is 6.81. The minimum atomic E-state index is 0.306. The molecule has 23 heavy (non-hydrogen) atoms. The predicted molar refractivity (Wildman–Crippen MR) is 95.5 cm³/mol. The first-order valence-electron chi connectivity index (χ1n) is 8.90. The van der Waals surface area contributed by atoms with Gasteiger partial charge in [-0.15, -0.1) is 0 Å². The number of amides is 1. The summed E-state index contributed by atoms with van der Waals surface area (Å²) in [4.78, 5) is 16.8. The average molecular weight is 317 g/mol. The number of carbonyl (C=O) groups excluding carboxylic acids is 1. The van der Waals surface area contributed by atoms with Gasteiger partial charge in [-0.25, -0.2) is 0 Å². The number of nitrogens with one attached hydrogen (secondary N) is 1. The molecule has 2 rings (SSSR count). The van der Waals surface area contributed by atoms with Crippen LogP contribution in [-0.2, 0) is 11.2 Å². The summed E-state index contributed by atoms with van der Waals surface area (Å²) in [6.07, 6.45) is 1.69. The van der Waals surface area contributed by atoms with E-state index in [2.05, 4.69) is 54.4 Å². The smallest absolute Gasteiger partial charge is 0.223 e. The third kappa shape index (κ3) is 6.71. The Hall–Kier alpha value is -1.39. The molecule has 1 aromatic carbocycles. The fourth-order valence-electron chi connectivity index (χ4n) is 3.07. The number of carbonyl (C=O) groups is 1. The van der Waals surface area contributed by atoms with Gasteiger partial charge in [0.25, 0.3) is 0 Å². The monoisotopic (exact) mass is 317 g/mol. The molecule has 0 atom stereocenters. The maximum Gasteiger partial charge on any atom is 0.223 e. The number of benzene rings is 1. The van der Waals surface area contributed by atoms with Gasteiger partial charge in [-0.05, 0) is 17.9 Å². The maximum absolute atomic E-state index is 12.3. The summed E-state index contributed by atoms with van der Waals surface area (Å²) >= 11 is 0. The van der Waals surface area contributed by atoms with Gasteiger partial charge in [-0.2, -0.15) is 0 Å². The summed E-state index contributed by atoms with van der Waals surface area (Å²) in [5, 5.41) is 3.29. The summed E-state index contributed by atoms with van der Waals surface area (Å²) in [7, 11) is 0. The zero-order valence-corrected chi connectivity index (χ0v) is 14.6. The highest BCUT2D eigenvalue weighted by Crippen LogP contribution is 2.06. The highest BCUT2D eigenvalue weighted by Gasteiger charge is 2.17. The molecule has 0 saturated carbocycles. The lowest BCUT2D eigenvalue weighted by atomic mass is 10.1. The summed E-state index contributed by atoms with van der Waals surface area (Å²) in [5.74, 6) is 0.931. The second kappa shape index (κ2) is 9.68. The Balaban J connectivity index is 1.79. The Labute approximate surface area is 140 Å². The topological polar surface area (TPSA) is 35.6 Å². The first kappa shape index (κ1) is 18.0. The van der Waals surface area contributed by atoms with Crippen LogP contribution < -0.4 is 5.32 Å². The fraction of sp³-hybridized carbons (Fsp3) is 0.632. The average Bonchev–Trinajstić information content (AvgIpc) is 2.58. The van der Waals surface area contributed by atoms with Crippen molar-refractivity contribution in [3.05, 3.63) is 35.9 Å². The zero-order chi connectivity index (χ0) is 16.5. The van der Waals surface area contributed by atoms with Gasteiger partial charge in [-0.3, -0.25) is 4.79 Å². The van der Waals surface area contributed by atoms with Crippen molar-refractivity contribution in [3.63, 3.8) is 0 Å². The highest BCUT2D eigenvalue weighted by atomic mass is 16.2. The van der Waals surface area contributed by atoms with E-state index in [-0.39, 0.29) is 0 Å². The number of piperazine rings is 1. The summed E-state index contributed by atoms with van der Waals surface area (Å²) in [5.41, 5.74) is 1.37. The van der Waals surface area contributed by atoms with Crippen molar-refractivity contribution in [2.75, 3.05) is 45.8 Å². The normalized spacial score (nSPS) is 15.4. The van der Waals surface area contributed by atoms with E-state index < -0.39 is 0 Å². The van der Waals surface area contributed by atoms with Gasteiger partial charge in [0.1, 0.15) is 0 Å². The summed E-state index contributed by atoms with van der Waals surface area (Å²) in [6, 6.07) is 10.6. The molecular formula is C19H31N3O. The van der Waals surface area contributed by atoms with Crippen molar-refractivity contribution >= 4 is 5.91 Å². The first-order chi connectivity index (χ1) is 11.1. The molecule has 0 radical (unpaired) electrons. The van der Waals surface area contributed by atoms with Crippen LogP contribution in [0.5, 0.6) is 0 Å². The van der Waals surface area contributed by atoms with Gasteiger partial charge in [0.15, 0.2) is 0 Å². The molecule has 1 aliphatic heterocycles. The van der Waals surface area contributed by atoms with Crippen LogP contribution in [-0.4, -0.2) is 61.5 Å². The summed E-state index contributed by atoms with van der Waals surface area (Å²) < 4.78 is 0. The van der Waals surface area contributed by atoms with E-state index in [0.717, 1.165) is 52.2 Å². The lowest BCUT2D eigenvalue weighted by Crippen LogP contribution is -2.47. The van der Waals surface area contributed by atoms with Gasteiger partial charge in [0.2, 0.25) is 5.91 Å². The minimum Gasteiger partial charge on any atom is -0.340 e. The van der Waals surface area contributed by atoms with Crippen LogP contribution in [0.25, 0.3) is 0 Å².